The molecule has 1 aliphatic rings. The van der Waals surface area contributed by atoms with Crippen molar-refractivity contribution in [1.82, 2.24) is 4.98 Å². The van der Waals surface area contributed by atoms with Crippen LogP contribution in [0.4, 0.5) is 0 Å². The molecule has 0 amide bonds. The van der Waals surface area contributed by atoms with Gasteiger partial charge in [0.15, 0.2) is 0 Å². The number of rotatable bonds is 2. The highest BCUT2D eigenvalue weighted by Gasteiger charge is 2.21. The second-order valence-electron chi connectivity index (χ2n) is 4.40. The molecular weight excluding hydrogens is 176 g/mol. The van der Waals surface area contributed by atoms with Gasteiger partial charge in [-0.3, -0.25) is 0 Å². The average Bonchev–Trinajstić information content (AvgIpc) is 2.59. The summed E-state index contributed by atoms with van der Waals surface area (Å²) in [5, 5.41) is 0. The molecule has 1 aliphatic carbocycles. The Balaban J connectivity index is 2.23. The first-order valence-corrected chi connectivity index (χ1v) is 5.42. The van der Waals surface area contributed by atoms with Crippen molar-refractivity contribution >= 4 is 0 Å². The maximum Gasteiger partial charge on any atom is 0.211 e. The highest BCUT2D eigenvalue weighted by Crippen LogP contribution is 2.26. The molecule has 2 rings (SSSR count). The van der Waals surface area contributed by atoms with Gasteiger partial charge in [-0.05, 0) is 25.2 Å². The minimum atomic E-state index is -0.0550. The minimum Gasteiger partial charge on any atom is -0.444 e. The Morgan fingerprint density at radius 1 is 1.29 bits per heavy atom. The molecule has 0 saturated carbocycles. The van der Waals surface area contributed by atoms with Crippen molar-refractivity contribution in [2.75, 3.05) is 0 Å². The van der Waals surface area contributed by atoms with Crippen LogP contribution in [0, 0.1) is 5.92 Å². The topological polar surface area (TPSA) is 52.0 Å². The van der Waals surface area contributed by atoms with Crippen molar-refractivity contribution in [2.45, 2.75) is 45.6 Å². The first kappa shape index (κ1) is 9.71. The fraction of sp³-hybridized carbons (Fsp3) is 0.727. The van der Waals surface area contributed by atoms with E-state index in [1.165, 1.54) is 12.8 Å². The predicted octanol–water partition coefficient (Wildman–Crippen LogP) is 2.21. The Kier molecular flexibility index (Phi) is 2.59. The zero-order valence-corrected chi connectivity index (χ0v) is 8.92. The van der Waals surface area contributed by atoms with Gasteiger partial charge in [0, 0.05) is 6.42 Å². The summed E-state index contributed by atoms with van der Waals surface area (Å²) in [7, 11) is 0. The summed E-state index contributed by atoms with van der Waals surface area (Å²) in [5.74, 6) is 2.18. The fourth-order valence-corrected chi connectivity index (χ4v) is 1.80. The number of nitrogens with zero attached hydrogens (tertiary/aromatic N) is 1. The van der Waals surface area contributed by atoms with E-state index in [2.05, 4.69) is 18.8 Å². The molecule has 1 aromatic heterocycles. The first-order valence-electron chi connectivity index (χ1n) is 5.42. The third-order valence-corrected chi connectivity index (χ3v) is 2.87. The van der Waals surface area contributed by atoms with Crippen LogP contribution in [0.1, 0.15) is 50.1 Å². The van der Waals surface area contributed by atoms with Crippen LogP contribution in [0.15, 0.2) is 4.42 Å². The summed E-state index contributed by atoms with van der Waals surface area (Å²) < 4.78 is 5.69. The minimum absolute atomic E-state index is 0.0550. The summed E-state index contributed by atoms with van der Waals surface area (Å²) in [6.07, 6.45) is 4.55. The van der Waals surface area contributed by atoms with Crippen LogP contribution in [0.3, 0.4) is 0 Å². The molecule has 1 aromatic rings. The van der Waals surface area contributed by atoms with E-state index in [1.54, 1.807) is 0 Å². The number of oxazole rings is 1. The molecule has 0 aromatic carbocycles. The Hall–Kier alpha value is -0.830. The summed E-state index contributed by atoms with van der Waals surface area (Å²) >= 11 is 0. The predicted molar refractivity (Wildman–Crippen MR) is 54.9 cm³/mol. The molecule has 1 heterocycles. The lowest BCUT2D eigenvalue weighted by Gasteiger charge is -2.10. The second kappa shape index (κ2) is 3.73. The van der Waals surface area contributed by atoms with E-state index in [-0.39, 0.29) is 6.04 Å². The zero-order valence-electron chi connectivity index (χ0n) is 8.92. The molecule has 0 spiro atoms. The SMILES string of the molecule is CC(C)[C@H](N)c1nc2c(o1)CCCC2. The smallest absolute Gasteiger partial charge is 0.211 e. The summed E-state index contributed by atoms with van der Waals surface area (Å²) in [5.41, 5.74) is 7.13. The molecule has 0 radical (unpaired) electrons. The lowest BCUT2D eigenvalue weighted by atomic mass is 10.0. The summed E-state index contributed by atoms with van der Waals surface area (Å²) in [6.45, 7) is 4.18. The van der Waals surface area contributed by atoms with E-state index in [4.69, 9.17) is 10.2 Å². The van der Waals surface area contributed by atoms with E-state index in [1.807, 2.05) is 0 Å². The molecule has 14 heavy (non-hydrogen) atoms. The fourth-order valence-electron chi connectivity index (χ4n) is 1.80. The molecule has 3 nitrogen and oxygen atoms in total. The van der Waals surface area contributed by atoms with Gasteiger partial charge in [0.05, 0.1) is 11.7 Å². The largest absolute Gasteiger partial charge is 0.444 e. The zero-order chi connectivity index (χ0) is 10.1. The Bertz CT molecular complexity index is 294. The molecule has 3 heteroatoms. The van der Waals surface area contributed by atoms with Gasteiger partial charge in [-0.2, -0.15) is 0 Å². The first-order chi connectivity index (χ1) is 6.68. The molecule has 0 bridgehead atoms. The van der Waals surface area contributed by atoms with Crippen LogP contribution in [-0.4, -0.2) is 4.98 Å². The van der Waals surface area contributed by atoms with Crippen molar-refractivity contribution in [3.63, 3.8) is 0 Å². The Morgan fingerprint density at radius 2 is 2.00 bits per heavy atom. The highest BCUT2D eigenvalue weighted by molar-refractivity contribution is 5.14. The number of hydrogen-bond acceptors (Lipinski definition) is 3. The number of aromatic nitrogens is 1. The van der Waals surface area contributed by atoms with Gasteiger partial charge in [-0.25, -0.2) is 4.98 Å². The van der Waals surface area contributed by atoms with Gasteiger partial charge < -0.3 is 10.2 Å². The molecular formula is C11H18N2O. The molecule has 1 atom stereocenters. The molecule has 0 fully saturated rings. The summed E-state index contributed by atoms with van der Waals surface area (Å²) in [4.78, 5) is 4.48. The van der Waals surface area contributed by atoms with E-state index in [0.717, 1.165) is 30.2 Å². The normalized spacial score (nSPS) is 18.3. The van der Waals surface area contributed by atoms with Gasteiger partial charge >= 0.3 is 0 Å². The Morgan fingerprint density at radius 3 is 2.64 bits per heavy atom. The average molecular weight is 194 g/mol. The number of hydrogen-bond donors (Lipinski definition) is 1. The number of nitrogens with two attached hydrogens (primary N) is 1. The van der Waals surface area contributed by atoms with Gasteiger partial charge in [0.1, 0.15) is 5.76 Å². The summed E-state index contributed by atoms with van der Waals surface area (Å²) in [6, 6.07) is -0.0550. The maximum absolute atomic E-state index is 5.99. The van der Waals surface area contributed by atoms with E-state index >= 15 is 0 Å². The van der Waals surface area contributed by atoms with Crippen molar-refractivity contribution in [3.8, 4) is 0 Å². The van der Waals surface area contributed by atoms with Crippen molar-refractivity contribution < 1.29 is 4.42 Å². The van der Waals surface area contributed by atoms with Crippen LogP contribution in [0.5, 0.6) is 0 Å². The van der Waals surface area contributed by atoms with Crippen molar-refractivity contribution in [2.24, 2.45) is 11.7 Å². The van der Waals surface area contributed by atoms with Crippen molar-refractivity contribution in [3.05, 3.63) is 17.3 Å². The van der Waals surface area contributed by atoms with Crippen molar-refractivity contribution in [1.29, 1.82) is 0 Å². The monoisotopic (exact) mass is 194 g/mol. The van der Waals surface area contributed by atoms with Crippen LogP contribution >= 0.6 is 0 Å². The van der Waals surface area contributed by atoms with E-state index < -0.39 is 0 Å². The van der Waals surface area contributed by atoms with Gasteiger partial charge in [-0.1, -0.05) is 13.8 Å². The van der Waals surface area contributed by atoms with Crippen LogP contribution in [0.25, 0.3) is 0 Å². The second-order valence-corrected chi connectivity index (χ2v) is 4.40. The number of aryl methyl sites for hydroxylation is 2. The number of fused-ring (bicyclic) bond motifs is 1. The van der Waals surface area contributed by atoms with Gasteiger partial charge in [0.2, 0.25) is 5.89 Å². The Labute approximate surface area is 84.7 Å². The quantitative estimate of drug-likeness (QED) is 0.785. The van der Waals surface area contributed by atoms with Crippen LogP contribution in [0.2, 0.25) is 0 Å². The highest BCUT2D eigenvalue weighted by atomic mass is 16.4. The van der Waals surface area contributed by atoms with Crippen LogP contribution < -0.4 is 5.73 Å². The van der Waals surface area contributed by atoms with Crippen LogP contribution in [-0.2, 0) is 12.8 Å². The lowest BCUT2D eigenvalue weighted by Crippen LogP contribution is -2.17. The third-order valence-electron chi connectivity index (χ3n) is 2.87. The maximum atomic E-state index is 5.99. The molecule has 0 saturated heterocycles. The molecule has 78 valence electrons. The standard InChI is InChI=1S/C11H18N2O/c1-7(2)10(12)11-13-8-5-3-4-6-9(8)14-11/h7,10H,3-6,12H2,1-2H3/t10-/m0/s1. The molecule has 0 unspecified atom stereocenters. The van der Waals surface area contributed by atoms with E-state index in [0.29, 0.717) is 5.92 Å². The third kappa shape index (κ3) is 1.69. The van der Waals surface area contributed by atoms with Gasteiger partial charge in [-0.15, -0.1) is 0 Å². The lowest BCUT2D eigenvalue weighted by molar-refractivity contribution is 0.367. The van der Waals surface area contributed by atoms with E-state index in [9.17, 15) is 0 Å². The molecule has 0 aliphatic heterocycles. The van der Waals surface area contributed by atoms with Gasteiger partial charge in [0.25, 0.3) is 0 Å². The molecule has 2 N–H and O–H groups in total.